The van der Waals surface area contributed by atoms with Crippen LogP contribution >= 0.6 is 0 Å². The molecule has 0 spiro atoms. The highest BCUT2D eigenvalue weighted by atomic mass is 16.5. The average molecular weight is 362 g/mol. The van der Waals surface area contributed by atoms with E-state index in [-0.39, 0.29) is 31.6 Å². The molecule has 2 atom stereocenters. The lowest BCUT2D eigenvalue weighted by atomic mass is 9.88. The number of carbonyl (C=O) groups is 3. The third-order valence-corrected chi connectivity index (χ3v) is 4.54. The number of ether oxygens (including phenoxy) is 1. The maximum absolute atomic E-state index is 12.4. The molecule has 0 saturated heterocycles. The van der Waals surface area contributed by atoms with E-state index in [0.717, 1.165) is 24.2 Å². The standard InChI is InChI=1S/C19H27N3O4/c1-3-22(13-18(24)21-19(25)26-4-2)12-17(23)20-16-11-7-9-14-8-5-6-10-15(14)16/h5-6,8,10,16H,3-4,7,9,11-13H2,1-2H3,(H,20,23)(H,21,24,25)/p+1/t16-/m1/s1. The molecule has 0 fully saturated rings. The van der Waals surface area contributed by atoms with Gasteiger partial charge in [0.15, 0.2) is 13.1 Å². The van der Waals surface area contributed by atoms with Crippen molar-refractivity contribution >= 4 is 17.9 Å². The van der Waals surface area contributed by atoms with Gasteiger partial charge in [0.25, 0.3) is 11.8 Å². The molecule has 1 unspecified atom stereocenters. The number of rotatable bonds is 7. The van der Waals surface area contributed by atoms with E-state index in [9.17, 15) is 14.4 Å². The van der Waals surface area contributed by atoms with Gasteiger partial charge in [0.05, 0.1) is 19.2 Å². The smallest absolute Gasteiger partial charge is 0.414 e. The van der Waals surface area contributed by atoms with Gasteiger partial charge in [-0.3, -0.25) is 14.9 Å². The first kappa shape index (κ1) is 19.9. The van der Waals surface area contributed by atoms with Crippen LogP contribution in [0.15, 0.2) is 24.3 Å². The van der Waals surface area contributed by atoms with Crippen LogP contribution in [-0.2, 0) is 20.7 Å². The molecule has 3 amide bonds. The molecule has 2 rings (SSSR count). The molecule has 1 aliphatic carbocycles. The zero-order chi connectivity index (χ0) is 18.9. The number of likely N-dealkylation sites (N-methyl/N-ethyl adjacent to an activating group) is 1. The first-order chi connectivity index (χ1) is 12.5. The Bertz CT molecular complexity index is 647. The molecule has 0 radical (unpaired) electrons. The van der Waals surface area contributed by atoms with Gasteiger partial charge in [-0.2, -0.15) is 0 Å². The van der Waals surface area contributed by atoms with E-state index >= 15 is 0 Å². The predicted octanol–water partition coefficient (Wildman–Crippen LogP) is 0.358. The third kappa shape index (κ3) is 5.84. The largest absolute Gasteiger partial charge is 0.450 e. The Kier molecular flexibility index (Phi) is 7.59. The highest BCUT2D eigenvalue weighted by molar-refractivity contribution is 5.92. The van der Waals surface area contributed by atoms with Gasteiger partial charge in [-0.15, -0.1) is 0 Å². The lowest BCUT2D eigenvalue weighted by molar-refractivity contribution is -0.881. The van der Waals surface area contributed by atoms with E-state index in [0.29, 0.717) is 6.54 Å². The van der Waals surface area contributed by atoms with Crippen molar-refractivity contribution in [3.8, 4) is 0 Å². The Morgan fingerprint density at radius 1 is 1.15 bits per heavy atom. The maximum atomic E-state index is 12.4. The second kappa shape index (κ2) is 9.91. The van der Waals surface area contributed by atoms with Gasteiger partial charge >= 0.3 is 6.09 Å². The van der Waals surface area contributed by atoms with Crippen molar-refractivity contribution < 1.29 is 24.0 Å². The van der Waals surface area contributed by atoms with E-state index < -0.39 is 12.0 Å². The minimum atomic E-state index is -0.754. The molecule has 3 N–H and O–H groups in total. The van der Waals surface area contributed by atoms with Crippen LogP contribution in [0, 0.1) is 0 Å². The summed E-state index contributed by atoms with van der Waals surface area (Å²) in [4.78, 5) is 36.4. The molecule has 142 valence electrons. The quantitative estimate of drug-likeness (QED) is 0.653. The monoisotopic (exact) mass is 362 g/mol. The number of benzene rings is 1. The molecule has 0 heterocycles. The van der Waals surface area contributed by atoms with Crippen molar-refractivity contribution in [2.75, 3.05) is 26.2 Å². The van der Waals surface area contributed by atoms with Crippen molar-refractivity contribution in [3.05, 3.63) is 35.4 Å². The molecule has 0 saturated carbocycles. The number of alkyl carbamates (subject to hydrolysis) is 1. The molecule has 1 aromatic carbocycles. The molecule has 0 bridgehead atoms. The number of imide groups is 1. The van der Waals surface area contributed by atoms with E-state index in [1.165, 1.54) is 11.1 Å². The van der Waals surface area contributed by atoms with Crippen molar-refractivity contribution in [3.63, 3.8) is 0 Å². The van der Waals surface area contributed by atoms with Crippen molar-refractivity contribution in [1.82, 2.24) is 10.6 Å². The highest BCUT2D eigenvalue weighted by Gasteiger charge is 2.24. The highest BCUT2D eigenvalue weighted by Crippen LogP contribution is 2.29. The SMILES string of the molecule is CCOC(=O)NC(=O)C[NH+](CC)CC(=O)N[C@@H]1CCCc2ccccc21. The number of hydrogen-bond donors (Lipinski definition) is 3. The molecule has 1 aliphatic rings. The molecule has 0 aliphatic heterocycles. The van der Waals surface area contributed by atoms with E-state index in [4.69, 9.17) is 0 Å². The van der Waals surface area contributed by atoms with Crippen LogP contribution in [0.2, 0.25) is 0 Å². The minimum absolute atomic E-state index is 0.0268. The number of carbonyl (C=O) groups excluding carboxylic acids is 3. The van der Waals surface area contributed by atoms with Crippen molar-refractivity contribution in [1.29, 1.82) is 0 Å². The molecule has 1 aromatic rings. The summed E-state index contributed by atoms with van der Waals surface area (Å²) in [6, 6.07) is 8.22. The molecule has 7 heteroatoms. The predicted molar refractivity (Wildman–Crippen MR) is 96.7 cm³/mol. The van der Waals surface area contributed by atoms with Crippen LogP contribution in [0.4, 0.5) is 4.79 Å². The van der Waals surface area contributed by atoms with Gasteiger partial charge in [0.2, 0.25) is 0 Å². The van der Waals surface area contributed by atoms with Crippen LogP contribution in [0.1, 0.15) is 43.9 Å². The van der Waals surface area contributed by atoms with Gasteiger partial charge in [-0.25, -0.2) is 4.79 Å². The zero-order valence-electron chi connectivity index (χ0n) is 15.5. The Morgan fingerprint density at radius 3 is 2.62 bits per heavy atom. The first-order valence-corrected chi connectivity index (χ1v) is 9.20. The van der Waals surface area contributed by atoms with E-state index in [1.807, 2.05) is 19.1 Å². The lowest BCUT2D eigenvalue weighted by Crippen LogP contribution is -3.14. The normalized spacial score (nSPS) is 16.9. The fraction of sp³-hybridized carbons (Fsp3) is 0.526. The van der Waals surface area contributed by atoms with Gasteiger partial charge in [-0.05, 0) is 44.2 Å². The first-order valence-electron chi connectivity index (χ1n) is 9.20. The summed E-state index contributed by atoms with van der Waals surface area (Å²) in [6.07, 6.45) is 2.27. The number of aryl methyl sites for hydroxylation is 1. The topological polar surface area (TPSA) is 88.9 Å². The number of fused-ring (bicyclic) bond motifs is 1. The minimum Gasteiger partial charge on any atom is -0.450 e. The number of quaternary nitrogens is 1. The molecule has 0 aromatic heterocycles. The molecular weight excluding hydrogens is 334 g/mol. The van der Waals surface area contributed by atoms with Crippen LogP contribution in [0.5, 0.6) is 0 Å². The van der Waals surface area contributed by atoms with Crippen molar-refractivity contribution in [2.24, 2.45) is 0 Å². The second-order valence-electron chi connectivity index (χ2n) is 6.44. The number of hydrogen-bond acceptors (Lipinski definition) is 4. The van der Waals surface area contributed by atoms with Crippen LogP contribution in [0.3, 0.4) is 0 Å². The van der Waals surface area contributed by atoms with E-state index in [2.05, 4.69) is 27.5 Å². The van der Waals surface area contributed by atoms with Crippen molar-refractivity contribution in [2.45, 2.75) is 39.2 Å². The van der Waals surface area contributed by atoms with Gasteiger partial charge < -0.3 is 15.0 Å². The number of amides is 3. The van der Waals surface area contributed by atoms with Crippen LogP contribution in [-0.4, -0.2) is 44.1 Å². The summed E-state index contributed by atoms with van der Waals surface area (Å²) in [7, 11) is 0. The Labute approximate surface area is 154 Å². The van der Waals surface area contributed by atoms with Gasteiger partial charge in [-0.1, -0.05) is 24.3 Å². The van der Waals surface area contributed by atoms with Gasteiger partial charge in [0, 0.05) is 0 Å². The summed E-state index contributed by atoms with van der Waals surface area (Å²) in [5, 5.41) is 5.25. The fourth-order valence-electron chi connectivity index (χ4n) is 3.24. The number of nitrogens with one attached hydrogen (secondary N) is 3. The summed E-state index contributed by atoms with van der Waals surface area (Å²) in [5.74, 6) is -0.538. The molecule has 26 heavy (non-hydrogen) atoms. The lowest BCUT2D eigenvalue weighted by Gasteiger charge is -2.27. The van der Waals surface area contributed by atoms with Crippen LogP contribution < -0.4 is 15.5 Å². The third-order valence-electron chi connectivity index (χ3n) is 4.54. The zero-order valence-corrected chi connectivity index (χ0v) is 15.5. The Hall–Kier alpha value is -2.41. The molecular formula is C19H28N3O4+. The fourth-order valence-corrected chi connectivity index (χ4v) is 3.24. The summed E-state index contributed by atoms with van der Waals surface area (Å²) < 4.78 is 4.68. The van der Waals surface area contributed by atoms with Crippen LogP contribution in [0.25, 0.3) is 0 Å². The van der Waals surface area contributed by atoms with Gasteiger partial charge in [0.1, 0.15) is 0 Å². The Balaban J connectivity index is 1.86. The second-order valence-corrected chi connectivity index (χ2v) is 6.44. The molecule has 7 nitrogen and oxygen atoms in total. The van der Waals surface area contributed by atoms with E-state index in [1.54, 1.807) is 6.92 Å². The summed E-state index contributed by atoms with van der Waals surface area (Å²) in [6.45, 7) is 4.60. The summed E-state index contributed by atoms with van der Waals surface area (Å²) >= 11 is 0. The maximum Gasteiger partial charge on any atom is 0.414 e. The Morgan fingerprint density at radius 2 is 1.88 bits per heavy atom. The average Bonchev–Trinajstić information content (AvgIpc) is 2.61. The summed E-state index contributed by atoms with van der Waals surface area (Å²) in [5.41, 5.74) is 2.47.